The quantitative estimate of drug-likeness (QED) is 0.631. The molecule has 1 atom stereocenters. The Morgan fingerprint density at radius 1 is 0.926 bits per heavy atom. The van der Waals surface area contributed by atoms with E-state index in [1.165, 1.54) is 0 Å². The fourth-order valence-electron chi connectivity index (χ4n) is 3.10. The lowest BCUT2D eigenvalue weighted by molar-refractivity contribution is -0.141. The van der Waals surface area contributed by atoms with E-state index in [0.29, 0.717) is 19.5 Å². The van der Waals surface area contributed by atoms with Crippen LogP contribution in [-0.2, 0) is 16.1 Å². The van der Waals surface area contributed by atoms with Crippen molar-refractivity contribution in [1.82, 2.24) is 10.2 Å². The van der Waals surface area contributed by atoms with Crippen molar-refractivity contribution in [3.63, 3.8) is 0 Å². The first-order valence-electron chi connectivity index (χ1n) is 9.83. The van der Waals surface area contributed by atoms with E-state index in [0.717, 1.165) is 30.4 Å². The molecule has 27 heavy (non-hydrogen) atoms. The molecule has 0 heterocycles. The molecule has 0 radical (unpaired) electrons. The van der Waals surface area contributed by atoms with Gasteiger partial charge in [-0.2, -0.15) is 0 Å². The molecule has 2 amide bonds. The number of carbonyl (C=O) groups is 2. The molecule has 0 spiro atoms. The second-order valence-electron chi connectivity index (χ2n) is 6.67. The van der Waals surface area contributed by atoms with Crippen molar-refractivity contribution in [2.45, 2.75) is 52.1 Å². The number of hydrogen-bond acceptors (Lipinski definition) is 2. The van der Waals surface area contributed by atoms with Crippen LogP contribution in [0.15, 0.2) is 60.7 Å². The van der Waals surface area contributed by atoms with E-state index in [4.69, 9.17) is 0 Å². The largest absolute Gasteiger partial charge is 0.354 e. The molecule has 4 nitrogen and oxygen atoms in total. The Kier molecular flexibility index (Phi) is 8.56. The summed E-state index contributed by atoms with van der Waals surface area (Å²) in [5, 5.41) is 3.03. The average molecular weight is 367 g/mol. The van der Waals surface area contributed by atoms with Crippen molar-refractivity contribution in [3.8, 4) is 0 Å². The average Bonchev–Trinajstić information content (AvgIpc) is 2.71. The predicted octanol–water partition coefficient (Wildman–Crippen LogP) is 4.47. The van der Waals surface area contributed by atoms with Crippen LogP contribution >= 0.6 is 0 Å². The molecule has 144 valence electrons. The van der Waals surface area contributed by atoms with E-state index in [2.05, 4.69) is 12.2 Å². The molecule has 0 bridgehead atoms. The zero-order valence-corrected chi connectivity index (χ0v) is 16.4. The highest BCUT2D eigenvalue weighted by atomic mass is 16.2. The van der Waals surface area contributed by atoms with Gasteiger partial charge in [0.2, 0.25) is 11.8 Å². The molecule has 1 N–H and O–H groups in total. The van der Waals surface area contributed by atoms with E-state index in [-0.39, 0.29) is 11.8 Å². The second-order valence-corrected chi connectivity index (χ2v) is 6.67. The molecule has 2 aromatic carbocycles. The summed E-state index contributed by atoms with van der Waals surface area (Å²) >= 11 is 0. The first kappa shape index (κ1) is 20.7. The minimum Gasteiger partial charge on any atom is -0.354 e. The number of unbranched alkanes of at least 4 members (excludes halogenated alkanes) is 2. The van der Waals surface area contributed by atoms with E-state index in [1.54, 1.807) is 4.90 Å². The Labute approximate surface area is 162 Å². The van der Waals surface area contributed by atoms with Gasteiger partial charge in [0.15, 0.2) is 0 Å². The zero-order valence-electron chi connectivity index (χ0n) is 16.4. The third kappa shape index (κ3) is 6.24. The summed E-state index contributed by atoms with van der Waals surface area (Å²) in [6, 6.07) is 18.8. The van der Waals surface area contributed by atoms with Crippen molar-refractivity contribution in [2.75, 3.05) is 6.54 Å². The molecule has 2 aromatic rings. The number of hydrogen-bond donors (Lipinski definition) is 1. The highest BCUT2D eigenvalue weighted by Crippen LogP contribution is 2.24. The number of nitrogens with one attached hydrogen (secondary N) is 1. The Morgan fingerprint density at radius 3 is 2.15 bits per heavy atom. The molecular weight excluding hydrogens is 336 g/mol. The zero-order chi connectivity index (χ0) is 19.5. The third-order valence-corrected chi connectivity index (χ3v) is 4.57. The molecule has 0 saturated heterocycles. The SMILES string of the molecule is CCCCCNC(=O)[C@@H](c1ccccc1)N(Cc1ccccc1)C(=O)CC. The van der Waals surface area contributed by atoms with Gasteiger partial charge >= 0.3 is 0 Å². The maximum atomic E-state index is 13.1. The van der Waals surface area contributed by atoms with Gasteiger partial charge in [0.25, 0.3) is 0 Å². The number of rotatable bonds is 10. The van der Waals surface area contributed by atoms with Crippen LogP contribution in [0, 0.1) is 0 Å². The normalized spacial score (nSPS) is 11.6. The molecular formula is C23H30N2O2. The van der Waals surface area contributed by atoms with Crippen LogP contribution in [0.5, 0.6) is 0 Å². The van der Waals surface area contributed by atoms with Crippen LogP contribution in [-0.4, -0.2) is 23.3 Å². The third-order valence-electron chi connectivity index (χ3n) is 4.57. The van der Waals surface area contributed by atoms with E-state index < -0.39 is 6.04 Å². The summed E-state index contributed by atoms with van der Waals surface area (Å²) in [5.74, 6) is -0.147. The van der Waals surface area contributed by atoms with E-state index in [9.17, 15) is 9.59 Å². The maximum absolute atomic E-state index is 13.1. The highest BCUT2D eigenvalue weighted by molar-refractivity contribution is 5.88. The summed E-state index contributed by atoms with van der Waals surface area (Å²) in [4.78, 5) is 27.5. The lowest BCUT2D eigenvalue weighted by Gasteiger charge is -2.31. The van der Waals surface area contributed by atoms with Crippen molar-refractivity contribution < 1.29 is 9.59 Å². The topological polar surface area (TPSA) is 49.4 Å². The molecule has 0 aromatic heterocycles. The molecule has 0 saturated carbocycles. The number of carbonyl (C=O) groups excluding carboxylic acids is 2. The van der Waals surface area contributed by atoms with Gasteiger partial charge in [-0.05, 0) is 17.5 Å². The molecule has 2 rings (SSSR count). The van der Waals surface area contributed by atoms with Crippen molar-refractivity contribution in [1.29, 1.82) is 0 Å². The number of benzene rings is 2. The molecule has 0 aliphatic heterocycles. The predicted molar refractivity (Wildman–Crippen MR) is 109 cm³/mol. The minimum atomic E-state index is -0.625. The highest BCUT2D eigenvalue weighted by Gasteiger charge is 2.30. The van der Waals surface area contributed by atoms with Crippen LogP contribution in [0.1, 0.15) is 56.7 Å². The minimum absolute atomic E-state index is 0.0311. The van der Waals surface area contributed by atoms with Crippen molar-refractivity contribution in [3.05, 3.63) is 71.8 Å². The summed E-state index contributed by atoms with van der Waals surface area (Å²) in [6.45, 7) is 5.02. The lowest BCUT2D eigenvalue weighted by atomic mass is 10.0. The van der Waals surface area contributed by atoms with Crippen LogP contribution in [0.3, 0.4) is 0 Å². The summed E-state index contributed by atoms with van der Waals surface area (Å²) in [6.07, 6.45) is 3.49. The second kappa shape index (κ2) is 11.2. The van der Waals surface area contributed by atoms with E-state index in [1.807, 2.05) is 67.6 Å². The van der Waals surface area contributed by atoms with E-state index >= 15 is 0 Å². The van der Waals surface area contributed by atoms with Gasteiger partial charge in [-0.15, -0.1) is 0 Å². The van der Waals surface area contributed by atoms with Crippen molar-refractivity contribution in [2.24, 2.45) is 0 Å². The Balaban J connectivity index is 2.29. The Bertz CT molecular complexity index is 701. The van der Waals surface area contributed by atoms with Crippen molar-refractivity contribution >= 4 is 11.8 Å². The standard InChI is InChI=1S/C23H30N2O2/c1-3-5-12-17-24-23(27)22(20-15-10-7-11-16-20)25(21(26)4-2)18-19-13-8-6-9-14-19/h6-11,13-16,22H,3-5,12,17-18H2,1-2H3,(H,24,27)/t22-/m1/s1. The first-order valence-corrected chi connectivity index (χ1v) is 9.83. The van der Waals surface area contributed by atoms with Crippen LogP contribution < -0.4 is 5.32 Å². The van der Waals surface area contributed by atoms with Gasteiger partial charge in [0.05, 0.1) is 0 Å². The smallest absolute Gasteiger partial charge is 0.247 e. The Hall–Kier alpha value is -2.62. The maximum Gasteiger partial charge on any atom is 0.247 e. The lowest BCUT2D eigenvalue weighted by Crippen LogP contribution is -2.43. The monoisotopic (exact) mass is 366 g/mol. The number of nitrogens with zero attached hydrogens (tertiary/aromatic N) is 1. The van der Waals surface area contributed by atoms with Gasteiger partial charge in [-0.25, -0.2) is 0 Å². The van der Waals surface area contributed by atoms with Crippen LogP contribution in [0.2, 0.25) is 0 Å². The van der Waals surface area contributed by atoms with Gasteiger partial charge in [-0.1, -0.05) is 87.4 Å². The summed E-state index contributed by atoms with van der Waals surface area (Å²) in [7, 11) is 0. The Morgan fingerprint density at radius 2 is 1.56 bits per heavy atom. The summed E-state index contributed by atoms with van der Waals surface area (Å²) < 4.78 is 0. The van der Waals surface area contributed by atoms with Gasteiger partial charge < -0.3 is 10.2 Å². The number of amides is 2. The van der Waals surface area contributed by atoms with Gasteiger partial charge in [-0.3, -0.25) is 9.59 Å². The molecule has 0 unspecified atom stereocenters. The van der Waals surface area contributed by atoms with Gasteiger partial charge in [0, 0.05) is 19.5 Å². The molecule has 4 heteroatoms. The summed E-state index contributed by atoms with van der Waals surface area (Å²) in [5.41, 5.74) is 1.85. The molecule has 0 aliphatic rings. The fourth-order valence-corrected chi connectivity index (χ4v) is 3.10. The van der Waals surface area contributed by atoms with Crippen LogP contribution in [0.4, 0.5) is 0 Å². The first-order chi connectivity index (χ1) is 13.2. The van der Waals surface area contributed by atoms with Crippen LogP contribution in [0.25, 0.3) is 0 Å². The van der Waals surface area contributed by atoms with Gasteiger partial charge in [0.1, 0.15) is 6.04 Å². The fraction of sp³-hybridized carbons (Fsp3) is 0.391. The molecule has 0 fully saturated rings. The molecule has 0 aliphatic carbocycles.